The van der Waals surface area contributed by atoms with Crippen LogP contribution in [0.1, 0.15) is 25.5 Å². The molecular weight excluding hydrogens is 332 g/mol. The average molecular weight is 352 g/mol. The Hall–Kier alpha value is -2.66. The topological polar surface area (TPSA) is 41.6 Å². The van der Waals surface area contributed by atoms with Crippen LogP contribution in [0.4, 0.5) is 5.69 Å². The molecule has 25 heavy (non-hydrogen) atoms. The van der Waals surface area contributed by atoms with Gasteiger partial charge in [-0.25, -0.2) is 0 Å². The van der Waals surface area contributed by atoms with Crippen LogP contribution >= 0.6 is 12.2 Å². The molecule has 0 bridgehead atoms. The number of thiocarbonyl (C=S) groups is 1. The molecule has 0 unspecified atom stereocenters. The summed E-state index contributed by atoms with van der Waals surface area (Å²) in [5.74, 6) is 0.798. The highest BCUT2D eigenvalue weighted by molar-refractivity contribution is 7.80. The summed E-state index contributed by atoms with van der Waals surface area (Å²) in [4.78, 5) is 14.3. The van der Waals surface area contributed by atoms with Crippen LogP contribution in [0, 0.1) is 0 Å². The number of nitrogens with one attached hydrogen (secondary N) is 1. The van der Waals surface area contributed by atoms with Crippen LogP contribution in [0.5, 0.6) is 5.75 Å². The van der Waals surface area contributed by atoms with Crippen molar-refractivity contribution in [2.75, 3.05) is 12.0 Å². The van der Waals surface area contributed by atoms with Crippen molar-refractivity contribution < 1.29 is 9.53 Å². The molecule has 0 aromatic heterocycles. The number of rotatable bonds is 4. The first kappa shape index (κ1) is 17.2. The lowest BCUT2D eigenvalue weighted by molar-refractivity contribution is -0.114. The van der Waals surface area contributed by atoms with E-state index in [0.29, 0.717) is 10.7 Å². The third kappa shape index (κ3) is 3.28. The van der Waals surface area contributed by atoms with Gasteiger partial charge in [-0.05, 0) is 55.9 Å². The van der Waals surface area contributed by atoms with E-state index >= 15 is 0 Å². The first-order valence-electron chi connectivity index (χ1n) is 8.04. The number of hydrogen-bond acceptors (Lipinski definition) is 3. The van der Waals surface area contributed by atoms with Crippen molar-refractivity contribution in [2.45, 2.75) is 19.9 Å². The van der Waals surface area contributed by atoms with Gasteiger partial charge in [0.15, 0.2) is 10.9 Å². The summed E-state index contributed by atoms with van der Waals surface area (Å²) in [6.07, 6.45) is 0. The van der Waals surface area contributed by atoms with E-state index < -0.39 is 0 Å². The van der Waals surface area contributed by atoms with Gasteiger partial charge < -0.3 is 10.1 Å². The number of carbonyl (C=O) groups is 1. The van der Waals surface area contributed by atoms with Gasteiger partial charge in [-0.3, -0.25) is 9.69 Å². The van der Waals surface area contributed by atoms with Gasteiger partial charge in [0.05, 0.1) is 13.2 Å². The van der Waals surface area contributed by atoms with E-state index in [2.05, 4.69) is 5.32 Å². The molecular formula is C20H20N2O2S. The van der Waals surface area contributed by atoms with Crippen LogP contribution in [0.15, 0.2) is 65.9 Å². The highest BCUT2D eigenvalue weighted by Crippen LogP contribution is 2.34. The van der Waals surface area contributed by atoms with E-state index in [9.17, 15) is 4.79 Å². The number of allylic oxidation sites excluding steroid dienone is 1. The summed E-state index contributed by atoms with van der Waals surface area (Å²) in [5, 5.41) is 3.90. The number of benzene rings is 2. The quantitative estimate of drug-likeness (QED) is 0.843. The van der Waals surface area contributed by atoms with Crippen molar-refractivity contribution in [1.29, 1.82) is 0 Å². The normalized spacial score (nSPS) is 17.3. The van der Waals surface area contributed by atoms with E-state index in [1.54, 1.807) is 14.0 Å². The zero-order chi connectivity index (χ0) is 18.0. The maximum absolute atomic E-state index is 12.4. The van der Waals surface area contributed by atoms with Crippen LogP contribution in [0.3, 0.4) is 0 Å². The molecule has 1 heterocycles. The van der Waals surface area contributed by atoms with Gasteiger partial charge in [-0.1, -0.05) is 30.3 Å². The van der Waals surface area contributed by atoms with Crippen LogP contribution in [-0.4, -0.2) is 18.0 Å². The molecule has 0 fully saturated rings. The monoisotopic (exact) mass is 352 g/mol. The Bertz CT molecular complexity index is 829. The van der Waals surface area contributed by atoms with Crippen molar-refractivity contribution in [3.8, 4) is 5.75 Å². The van der Waals surface area contributed by atoms with Crippen molar-refractivity contribution >= 4 is 28.8 Å². The molecule has 2 aromatic carbocycles. The highest BCUT2D eigenvalue weighted by Gasteiger charge is 2.32. The highest BCUT2D eigenvalue weighted by atomic mass is 32.1. The summed E-state index contributed by atoms with van der Waals surface area (Å²) in [6.45, 7) is 3.53. The maximum atomic E-state index is 12.4. The minimum absolute atomic E-state index is 0.0225. The van der Waals surface area contributed by atoms with Crippen molar-refractivity contribution in [1.82, 2.24) is 5.32 Å². The Balaban J connectivity index is 2.08. The molecule has 1 atom stereocenters. The molecule has 0 saturated carbocycles. The van der Waals surface area contributed by atoms with Crippen molar-refractivity contribution in [3.63, 3.8) is 0 Å². The molecule has 0 saturated heterocycles. The van der Waals surface area contributed by atoms with Gasteiger partial charge >= 0.3 is 0 Å². The smallest absolute Gasteiger partial charge is 0.178 e. The standard InChI is InChI=1S/C20H20N2O2S/c1-13-18(14(2)23)19(15-9-11-17(24-3)12-10-15)21-20(25)22(13)16-7-5-4-6-8-16/h4-12,19H,1-3H3,(H,21,25)/t19-/m0/s1. The van der Waals surface area contributed by atoms with Gasteiger partial charge in [0.25, 0.3) is 0 Å². The van der Waals surface area contributed by atoms with Crippen LogP contribution < -0.4 is 15.0 Å². The molecule has 0 radical (unpaired) electrons. The fourth-order valence-electron chi connectivity index (χ4n) is 3.13. The van der Waals surface area contributed by atoms with Crippen molar-refractivity contribution in [3.05, 3.63) is 71.4 Å². The summed E-state index contributed by atoms with van der Waals surface area (Å²) in [7, 11) is 1.63. The Labute approximate surface area is 153 Å². The minimum Gasteiger partial charge on any atom is -0.497 e. The third-order valence-electron chi connectivity index (χ3n) is 4.33. The van der Waals surface area contributed by atoms with Gasteiger partial charge in [-0.2, -0.15) is 0 Å². The van der Waals surface area contributed by atoms with E-state index in [1.807, 2.05) is 66.4 Å². The second kappa shape index (κ2) is 7.07. The predicted octanol–water partition coefficient (Wildman–Crippen LogP) is 3.99. The lowest BCUT2D eigenvalue weighted by Crippen LogP contribution is -2.47. The predicted molar refractivity (Wildman–Crippen MR) is 104 cm³/mol. The SMILES string of the molecule is COc1ccc([C@@H]2NC(=S)N(c3ccccc3)C(C)=C2C(C)=O)cc1. The lowest BCUT2D eigenvalue weighted by Gasteiger charge is -2.37. The molecule has 2 aromatic rings. The number of ether oxygens (including phenoxy) is 1. The zero-order valence-corrected chi connectivity index (χ0v) is 15.3. The van der Waals surface area contributed by atoms with Gasteiger partial charge in [-0.15, -0.1) is 0 Å². The Morgan fingerprint density at radius 3 is 2.32 bits per heavy atom. The number of ketones is 1. The van der Waals surface area contributed by atoms with Gasteiger partial charge in [0.2, 0.25) is 0 Å². The Kier molecular flexibility index (Phi) is 4.86. The second-order valence-corrected chi connectivity index (χ2v) is 6.27. The maximum Gasteiger partial charge on any atom is 0.178 e. The molecule has 3 rings (SSSR count). The first-order valence-corrected chi connectivity index (χ1v) is 8.45. The number of Topliss-reactive ketones (excluding diaryl/α,β-unsaturated/α-hetero) is 1. The summed E-state index contributed by atoms with van der Waals surface area (Å²) >= 11 is 5.60. The van der Waals surface area contributed by atoms with Crippen LogP contribution in [0.25, 0.3) is 0 Å². The largest absolute Gasteiger partial charge is 0.497 e. The molecule has 4 nitrogen and oxygen atoms in total. The van der Waals surface area contributed by atoms with Gasteiger partial charge in [0, 0.05) is 17.0 Å². The Morgan fingerprint density at radius 2 is 1.76 bits per heavy atom. The number of methoxy groups -OCH3 is 1. The number of para-hydroxylation sites is 1. The number of nitrogens with zero attached hydrogens (tertiary/aromatic N) is 1. The fraction of sp³-hybridized carbons (Fsp3) is 0.200. The summed E-state index contributed by atoms with van der Waals surface area (Å²) in [6, 6.07) is 17.2. The molecule has 128 valence electrons. The molecule has 1 N–H and O–H groups in total. The molecule has 1 aliphatic rings. The third-order valence-corrected chi connectivity index (χ3v) is 4.63. The molecule has 0 aliphatic carbocycles. The molecule has 0 spiro atoms. The summed E-state index contributed by atoms with van der Waals surface area (Å²) < 4.78 is 5.21. The molecule has 5 heteroatoms. The summed E-state index contributed by atoms with van der Waals surface area (Å²) in [5.41, 5.74) is 3.47. The first-order chi connectivity index (χ1) is 12.0. The average Bonchev–Trinajstić information content (AvgIpc) is 2.62. The zero-order valence-electron chi connectivity index (χ0n) is 14.4. The van der Waals surface area contributed by atoms with E-state index in [1.165, 1.54) is 0 Å². The Morgan fingerprint density at radius 1 is 1.12 bits per heavy atom. The van der Waals surface area contributed by atoms with Crippen LogP contribution in [-0.2, 0) is 4.79 Å². The van der Waals surface area contributed by atoms with E-state index in [4.69, 9.17) is 17.0 Å². The lowest BCUT2D eigenvalue weighted by atomic mass is 9.92. The second-order valence-electron chi connectivity index (χ2n) is 5.88. The van der Waals surface area contributed by atoms with Crippen LogP contribution in [0.2, 0.25) is 0 Å². The van der Waals surface area contributed by atoms with Gasteiger partial charge in [0.1, 0.15) is 5.75 Å². The minimum atomic E-state index is -0.268. The number of anilines is 1. The number of hydrogen-bond donors (Lipinski definition) is 1. The van der Waals surface area contributed by atoms with E-state index in [0.717, 1.165) is 22.7 Å². The van der Waals surface area contributed by atoms with Crippen molar-refractivity contribution in [2.24, 2.45) is 0 Å². The fourth-order valence-corrected chi connectivity index (χ4v) is 3.49. The molecule has 1 aliphatic heterocycles. The molecule has 0 amide bonds. The number of carbonyl (C=O) groups excluding carboxylic acids is 1. The van der Waals surface area contributed by atoms with E-state index in [-0.39, 0.29) is 11.8 Å².